The molecule has 2 rings (SSSR count). The Balaban J connectivity index is 2.17. The number of H-pyrrole nitrogens is 1. The van der Waals surface area contributed by atoms with Gasteiger partial charge in [-0.1, -0.05) is 13.8 Å². The Labute approximate surface area is 90.5 Å². The summed E-state index contributed by atoms with van der Waals surface area (Å²) in [6.07, 6.45) is 3.51. The van der Waals surface area contributed by atoms with Gasteiger partial charge in [0.15, 0.2) is 0 Å². The normalized spacial score (nSPS) is 24.9. The SMILES string of the molecule is CN1C(=O)CC(C)(C)C1Cc1ccc[nH]1. The molecule has 1 atom stereocenters. The molecule has 1 aliphatic heterocycles. The van der Waals surface area contributed by atoms with Crippen LogP contribution in [0.2, 0.25) is 0 Å². The van der Waals surface area contributed by atoms with Gasteiger partial charge in [-0.15, -0.1) is 0 Å². The van der Waals surface area contributed by atoms with Crippen LogP contribution in [-0.2, 0) is 11.2 Å². The van der Waals surface area contributed by atoms with Gasteiger partial charge in [-0.05, 0) is 17.5 Å². The fourth-order valence-electron chi connectivity index (χ4n) is 2.45. The van der Waals surface area contributed by atoms with E-state index in [0.29, 0.717) is 12.5 Å². The first-order valence-corrected chi connectivity index (χ1v) is 5.38. The second-order valence-electron chi connectivity index (χ2n) is 5.09. The highest BCUT2D eigenvalue weighted by atomic mass is 16.2. The lowest BCUT2D eigenvalue weighted by molar-refractivity contribution is -0.127. The van der Waals surface area contributed by atoms with Gasteiger partial charge in [0.2, 0.25) is 5.91 Å². The summed E-state index contributed by atoms with van der Waals surface area (Å²) in [4.78, 5) is 16.7. The standard InChI is InChI=1S/C12H18N2O/c1-12(2)8-11(15)14(3)10(12)7-9-5-4-6-13-9/h4-6,10,13H,7-8H2,1-3H3. The molecule has 1 N–H and O–H groups in total. The van der Waals surface area contributed by atoms with Crippen molar-refractivity contribution in [1.29, 1.82) is 0 Å². The zero-order valence-corrected chi connectivity index (χ0v) is 9.58. The zero-order chi connectivity index (χ0) is 11.1. The number of nitrogens with one attached hydrogen (secondary N) is 1. The van der Waals surface area contributed by atoms with E-state index in [-0.39, 0.29) is 11.3 Å². The van der Waals surface area contributed by atoms with Gasteiger partial charge in [-0.3, -0.25) is 4.79 Å². The molecule has 1 saturated heterocycles. The van der Waals surface area contributed by atoms with Crippen molar-refractivity contribution in [2.45, 2.75) is 32.7 Å². The number of hydrogen-bond acceptors (Lipinski definition) is 1. The monoisotopic (exact) mass is 206 g/mol. The van der Waals surface area contributed by atoms with Crippen LogP contribution in [0.4, 0.5) is 0 Å². The Hall–Kier alpha value is -1.25. The van der Waals surface area contributed by atoms with Gasteiger partial charge in [0.05, 0.1) is 0 Å². The molecule has 1 amide bonds. The van der Waals surface area contributed by atoms with Gasteiger partial charge in [-0.25, -0.2) is 0 Å². The minimum absolute atomic E-state index is 0.0803. The molecular formula is C12H18N2O. The largest absolute Gasteiger partial charge is 0.365 e. The van der Waals surface area contributed by atoms with Crippen molar-refractivity contribution in [3.05, 3.63) is 24.0 Å². The van der Waals surface area contributed by atoms with Crippen LogP contribution in [0.25, 0.3) is 0 Å². The lowest BCUT2D eigenvalue weighted by Gasteiger charge is -2.29. The predicted octanol–water partition coefficient (Wildman–Crippen LogP) is 1.81. The number of aromatic amines is 1. The average Bonchev–Trinajstić information content (AvgIpc) is 2.69. The summed E-state index contributed by atoms with van der Waals surface area (Å²) >= 11 is 0. The van der Waals surface area contributed by atoms with Gasteiger partial charge in [0.25, 0.3) is 0 Å². The number of aromatic nitrogens is 1. The Morgan fingerprint density at radius 1 is 1.60 bits per heavy atom. The van der Waals surface area contributed by atoms with Crippen molar-refractivity contribution in [2.75, 3.05) is 7.05 Å². The van der Waals surface area contributed by atoms with Crippen LogP contribution in [0.1, 0.15) is 26.0 Å². The van der Waals surface area contributed by atoms with E-state index in [1.54, 1.807) is 0 Å². The van der Waals surface area contributed by atoms with E-state index in [0.717, 1.165) is 6.42 Å². The molecular weight excluding hydrogens is 188 g/mol. The molecule has 0 radical (unpaired) electrons. The third kappa shape index (κ3) is 1.78. The summed E-state index contributed by atoms with van der Waals surface area (Å²) in [6.45, 7) is 4.34. The van der Waals surface area contributed by atoms with Gasteiger partial charge < -0.3 is 9.88 Å². The minimum Gasteiger partial charge on any atom is -0.365 e. The van der Waals surface area contributed by atoms with Crippen LogP contribution in [0.15, 0.2) is 18.3 Å². The Morgan fingerprint density at radius 2 is 2.33 bits per heavy atom. The topological polar surface area (TPSA) is 36.1 Å². The number of carbonyl (C=O) groups excluding carboxylic acids is 1. The molecule has 15 heavy (non-hydrogen) atoms. The average molecular weight is 206 g/mol. The summed E-state index contributed by atoms with van der Waals surface area (Å²) in [6, 6.07) is 4.38. The summed E-state index contributed by atoms with van der Waals surface area (Å²) in [7, 11) is 1.91. The maximum absolute atomic E-state index is 11.6. The first-order chi connectivity index (χ1) is 7.00. The predicted molar refractivity (Wildman–Crippen MR) is 59.5 cm³/mol. The summed E-state index contributed by atoms with van der Waals surface area (Å²) in [5.41, 5.74) is 1.28. The number of carbonyl (C=O) groups is 1. The van der Waals surface area contributed by atoms with Gasteiger partial charge in [-0.2, -0.15) is 0 Å². The highest BCUT2D eigenvalue weighted by molar-refractivity contribution is 5.79. The molecule has 0 aromatic carbocycles. The highest BCUT2D eigenvalue weighted by Gasteiger charge is 2.43. The molecule has 1 aromatic heterocycles. The fraction of sp³-hybridized carbons (Fsp3) is 0.583. The minimum atomic E-state index is 0.0803. The molecule has 82 valence electrons. The quantitative estimate of drug-likeness (QED) is 0.787. The van der Waals surface area contributed by atoms with Crippen LogP contribution in [0.3, 0.4) is 0 Å². The number of nitrogens with zero attached hydrogens (tertiary/aromatic N) is 1. The fourth-order valence-corrected chi connectivity index (χ4v) is 2.45. The number of likely N-dealkylation sites (N-methyl/N-ethyl adjacent to an activating group) is 1. The van der Waals surface area contributed by atoms with Gasteiger partial charge in [0.1, 0.15) is 0 Å². The second-order valence-corrected chi connectivity index (χ2v) is 5.09. The van der Waals surface area contributed by atoms with E-state index in [9.17, 15) is 4.79 Å². The van der Waals surface area contributed by atoms with Gasteiger partial charge >= 0.3 is 0 Å². The molecule has 1 aromatic rings. The van der Waals surface area contributed by atoms with E-state index in [1.807, 2.05) is 24.2 Å². The lowest BCUT2D eigenvalue weighted by atomic mass is 9.82. The van der Waals surface area contributed by atoms with Crippen molar-refractivity contribution in [3.8, 4) is 0 Å². The molecule has 3 heteroatoms. The Morgan fingerprint density at radius 3 is 2.80 bits per heavy atom. The smallest absolute Gasteiger partial charge is 0.223 e. The molecule has 3 nitrogen and oxygen atoms in total. The summed E-state index contributed by atoms with van der Waals surface area (Å²) in [5.74, 6) is 0.261. The molecule has 0 spiro atoms. The van der Waals surface area contributed by atoms with E-state index >= 15 is 0 Å². The molecule has 2 heterocycles. The number of hydrogen-bond donors (Lipinski definition) is 1. The number of rotatable bonds is 2. The first-order valence-electron chi connectivity index (χ1n) is 5.38. The van der Waals surface area contributed by atoms with E-state index in [1.165, 1.54) is 5.69 Å². The molecule has 1 fully saturated rings. The Bertz CT molecular complexity index is 354. The van der Waals surface area contributed by atoms with E-state index < -0.39 is 0 Å². The first kappa shape index (κ1) is 10.3. The maximum atomic E-state index is 11.6. The third-order valence-electron chi connectivity index (χ3n) is 3.45. The van der Waals surface area contributed by atoms with E-state index in [4.69, 9.17) is 0 Å². The van der Waals surface area contributed by atoms with Crippen LogP contribution >= 0.6 is 0 Å². The van der Waals surface area contributed by atoms with Crippen molar-refractivity contribution < 1.29 is 4.79 Å². The third-order valence-corrected chi connectivity index (χ3v) is 3.45. The lowest BCUT2D eigenvalue weighted by Crippen LogP contribution is -2.37. The van der Waals surface area contributed by atoms with Crippen molar-refractivity contribution in [2.24, 2.45) is 5.41 Å². The van der Waals surface area contributed by atoms with Gasteiger partial charge in [0, 0.05) is 37.8 Å². The zero-order valence-electron chi connectivity index (χ0n) is 9.58. The van der Waals surface area contributed by atoms with E-state index in [2.05, 4.69) is 24.9 Å². The van der Waals surface area contributed by atoms with Crippen LogP contribution in [0.5, 0.6) is 0 Å². The second kappa shape index (κ2) is 3.40. The molecule has 0 saturated carbocycles. The molecule has 1 unspecified atom stereocenters. The highest BCUT2D eigenvalue weighted by Crippen LogP contribution is 2.37. The molecule has 1 aliphatic rings. The number of likely N-dealkylation sites (tertiary alicyclic amines) is 1. The van der Waals surface area contributed by atoms with Crippen molar-refractivity contribution in [3.63, 3.8) is 0 Å². The summed E-state index contributed by atoms with van der Waals surface area (Å²) < 4.78 is 0. The van der Waals surface area contributed by atoms with Crippen molar-refractivity contribution in [1.82, 2.24) is 9.88 Å². The number of amides is 1. The van der Waals surface area contributed by atoms with Crippen molar-refractivity contribution >= 4 is 5.91 Å². The van der Waals surface area contributed by atoms with Crippen LogP contribution < -0.4 is 0 Å². The Kier molecular flexibility index (Phi) is 2.33. The molecule has 0 bridgehead atoms. The maximum Gasteiger partial charge on any atom is 0.223 e. The summed E-state index contributed by atoms with van der Waals surface area (Å²) in [5, 5.41) is 0. The van der Waals surface area contributed by atoms with Crippen LogP contribution in [-0.4, -0.2) is 28.9 Å². The van der Waals surface area contributed by atoms with Crippen LogP contribution in [0, 0.1) is 5.41 Å². The molecule has 0 aliphatic carbocycles.